The minimum Gasteiger partial charge on any atom is -0.357 e. The zero-order valence-corrected chi connectivity index (χ0v) is 18.9. The van der Waals surface area contributed by atoms with Crippen molar-refractivity contribution in [3.05, 3.63) is 26.7 Å². The van der Waals surface area contributed by atoms with Crippen molar-refractivity contribution in [2.45, 2.75) is 74.5 Å². The number of imidazole rings is 1. The van der Waals surface area contributed by atoms with Crippen LogP contribution in [0.15, 0.2) is 13.9 Å². The molecule has 11 heteroatoms. The Morgan fingerprint density at radius 3 is 2.80 bits per heavy atom. The average molecular weight is 450 g/mol. The highest BCUT2D eigenvalue weighted by atomic mass is 32.2. The van der Waals surface area contributed by atoms with E-state index < -0.39 is 11.2 Å². The van der Waals surface area contributed by atoms with Gasteiger partial charge in [0.25, 0.3) is 5.56 Å². The highest BCUT2D eigenvalue weighted by Crippen LogP contribution is 2.30. The summed E-state index contributed by atoms with van der Waals surface area (Å²) < 4.78 is 4.19. The quantitative estimate of drug-likeness (QED) is 0.508. The molecule has 3 aromatic heterocycles. The summed E-state index contributed by atoms with van der Waals surface area (Å²) in [5, 5.41) is 12.9. The van der Waals surface area contributed by atoms with Crippen LogP contribution in [0.1, 0.15) is 57.7 Å². The van der Waals surface area contributed by atoms with Crippen LogP contribution in [0.2, 0.25) is 0 Å². The molecular weight excluding hydrogens is 422 g/mol. The Kier molecular flexibility index (Phi) is 6.57. The molecule has 0 bridgehead atoms. The van der Waals surface area contributed by atoms with Crippen LogP contribution in [0, 0.1) is 0 Å². The second kappa shape index (κ2) is 9.34. The molecule has 0 saturated heterocycles. The molecule has 0 unspecified atom stereocenters. The van der Waals surface area contributed by atoms with Gasteiger partial charge in [0.1, 0.15) is 5.82 Å². The lowest BCUT2D eigenvalue weighted by molar-refractivity contribution is 0.462. The maximum Gasteiger partial charge on any atom is 0.330 e. The predicted octanol–water partition coefficient (Wildman–Crippen LogP) is 3.11. The molecule has 0 aliphatic heterocycles. The molecule has 4 rings (SSSR count). The zero-order chi connectivity index (χ0) is 21.1. The summed E-state index contributed by atoms with van der Waals surface area (Å²) in [5.41, 5.74) is 0.0788. The molecule has 3 heterocycles. The Morgan fingerprint density at radius 2 is 2.03 bits per heavy atom. The maximum absolute atomic E-state index is 12.4. The average Bonchev–Trinajstić information content (AvgIpc) is 3.31. The van der Waals surface area contributed by atoms with E-state index in [0.717, 1.165) is 28.1 Å². The second-order valence-corrected chi connectivity index (χ2v) is 9.86. The molecule has 1 saturated carbocycles. The third kappa shape index (κ3) is 4.46. The van der Waals surface area contributed by atoms with Crippen LogP contribution >= 0.6 is 23.1 Å². The van der Waals surface area contributed by atoms with Gasteiger partial charge in [0.05, 0.1) is 5.75 Å². The molecule has 1 aliphatic rings. The Hall–Kier alpha value is -2.14. The highest BCUT2D eigenvalue weighted by molar-refractivity contribution is 8.00. The van der Waals surface area contributed by atoms with Crippen molar-refractivity contribution in [2.75, 3.05) is 5.32 Å². The molecule has 0 atom stereocenters. The fourth-order valence-corrected chi connectivity index (χ4v) is 5.63. The Balaban J connectivity index is 1.50. The molecule has 0 amide bonds. The smallest absolute Gasteiger partial charge is 0.330 e. The van der Waals surface area contributed by atoms with E-state index in [2.05, 4.69) is 32.4 Å². The number of fused-ring (bicyclic) bond motifs is 1. The monoisotopic (exact) mass is 449 g/mol. The van der Waals surface area contributed by atoms with E-state index in [1.54, 1.807) is 32.2 Å². The van der Waals surface area contributed by atoms with Crippen molar-refractivity contribution in [1.29, 1.82) is 0 Å². The molecule has 0 radical (unpaired) electrons. The summed E-state index contributed by atoms with van der Waals surface area (Å²) in [5.74, 6) is 1.28. The molecule has 30 heavy (non-hydrogen) atoms. The van der Waals surface area contributed by atoms with Crippen LogP contribution in [0.5, 0.6) is 0 Å². The molecule has 162 valence electrons. The van der Waals surface area contributed by atoms with Gasteiger partial charge >= 0.3 is 5.69 Å². The molecular formula is C19H27N7O2S2. The SMILES string of the molecule is CCCCn1c(=O)[nH]c(=O)c2c1nc(CSc1nnc(NC3CCCCC3)s1)n2C. The van der Waals surface area contributed by atoms with E-state index in [1.165, 1.54) is 32.1 Å². The van der Waals surface area contributed by atoms with Crippen LogP contribution in [0.3, 0.4) is 0 Å². The van der Waals surface area contributed by atoms with Crippen LogP contribution in [-0.2, 0) is 19.3 Å². The third-order valence-corrected chi connectivity index (χ3v) is 7.49. The number of hydrogen-bond acceptors (Lipinski definition) is 8. The van der Waals surface area contributed by atoms with Crippen molar-refractivity contribution in [3.63, 3.8) is 0 Å². The van der Waals surface area contributed by atoms with Crippen molar-refractivity contribution in [2.24, 2.45) is 7.05 Å². The van der Waals surface area contributed by atoms with Gasteiger partial charge in [0, 0.05) is 19.6 Å². The van der Waals surface area contributed by atoms with Gasteiger partial charge in [-0.2, -0.15) is 0 Å². The summed E-state index contributed by atoms with van der Waals surface area (Å²) in [6.07, 6.45) is 8.05. The van der Waals surface area contributed by atoms with E-state index in [9.17, 15) is 9.59 Å². The number of aromatic amines is 1. The van der Waals surface area contributed by atoms with E-state index >= 15 is 0 Å². The first kappa shape index (κ1) is 21.1. The minimum absolute atomic E-state index is 0.399. The van der Waals surface area contributed by atoms with Crippen molar-refractivity contribution in [3.8, 4) is 0 Å². The van der Waals surface area contributed by atoms with Crippen LogP contribution in [0.25, 0.3) is 11.2 Å². The topological polar surface area (TPSA) is 110 Å². The summed E-state index contributed by atoms with van der Waals surface area (Å²) in [6, 6.07) is 0.496. The molecule has 2 N–H and O–H groups in total. The fourth-order valence-electron chi connectivity index (χ4n) is 3.82. The first-order valence-corrected chi connectivity index (χ1v) is 12.3. The van der Waals surface area contributed by atoms with Crippen molar-refractivity contribution >= 4 is 39.4 Å². The number of hydrogen-bond donors (Lipinski definition) is 2. The van der Waals surface area contributed by atoms with Gasteiger partial charge in [0.2, 0.25) is 5.13 Å². The summed E-state index contributed by atoms with van der Waals surface area (Å²) in [6.45, 7) is 2.60. The first-order chi connectivity index (χ1) is 14.6. The number of rotatable bonds is 8. The molecule has 9 nitrogen and oxygen atoms in total. The van der Waals surface area contributed by atoms with Gasteiger partial charge in [-0.3, -0.25) is 14.3 Å². The van der Waals surface area contributed by atoms with Gasteiger partial charge in [-0.1, -0.05) is 55.7 Å². The van der Waals surface area contributed by atoms with Crippen molar-refractivity contribution in [1.82, 2.24) is 29.3 Å². The number of nitrogens with zero attached hydrogens (tertiary/aromatic N) is 5. The lowest BCUT2D eigenvalue weighted by Gasteiger charge is -2.21. The summed E-state index contributed by atoms with van der Waals surface area (Å²) in [7, 11) is 1.81. The van der Waals surface area contributed by atoms with Gasteiger partial charge in [-0.15, -0.1) is 10.2 Å². The van der Waals surface area contributed by atoms with E-state index in [1.807, 2.05) is 7.05 Å². The largest absolute Gasteiger partial charge is 0.357 e. The maximum atomic E-state index is 12.4. The number of aromatic nitrogens is 6. The fraction of sp³-hybridized carbons (Fsp3) is 0.632. The second-order valence-electron chi connectivity index (χ2n) is 7.66. The van der Waals surface area contributed by atoms with Gasteiger partial charge in [-0.05, 0) is 19.3 Å². The Labute approximate surface area is 182 Å². The van der Waals surface area contributed by atoms with Crippen LogP contribution in [0.4, 0.5) is 5.13 Å². The minimum atomic E-state index is -0.402. The van der Waals surface area contributed by atoms with E-state index in [0.29, 0.717) is 29.5 Å². The lowest BCUT2D eigenvalue weighted by atomic mass is 9.96. The number of aryl methyl sites for hydroxylation is 2. The van der Waals surface area contributed by atoms with Gasteiger partial charge in [0.15, 0.2) is 15.5 Å². The lowest BCUT2D eigenvalue weighted by Crippen LogP contribution is -2.31. The van der Waals surface area contributed by atoms with Gasteiger partial charge in [-0.25, -0.2) is 9.78 Å². The Bertz CT molecular complexity index is 1120. The number of nitrogens with one attached hydrogen (secondary N) is 2. The number of H-pyrrole nitrogens is 1. The zero-order valence-electron chi connectivity index (χ0n) is 17.3. The third-order valence-electron chi connectivity index (χ3n) is 5.50. The molecule has 1 aliphatic carbocycles. The number of unbranched alkanes of at least 4 members (excludes halogenated alkanes) is 1. The summed E-state index contributed by atoms with van der Waals surface area (Å²) >= 11 is 3.09. The van der Waals surface area contributed by atoms with E-state index in [4.69, 9.17) is 0 Å². The van der Waals surface area contributed by atoms with Crippen molar-refractivity contribution < 1.29 is 0 Å². The van der Waals surface area contributed by atoms with E-state index in [-0.39, 0.29) is 0 Å². The van der Waals surface area contributed by atoms with Crippen LogP contribution < -0.4 is 16.6 Å². The standard InChI is InChI=1S/C19H27N7O2S2/c1-3-4-10-26-15-14(16(27)22-18(26)28)25(2)13(21-15)11-29-19-24-23-17(30-19)20-12-8-6-5-7-9-12/h12H,3-11H2,1-2H3,(H,20,23)(H,22,27,28). The van der Waals surface area contributed by atoms with Crippen LogP contribution in [-0.4, -0.2) is 35.3 Å². The Morgan fingerprint density at radius 1 is 1.23 bits per heavy atom. The van der Waals surface area contributed by atoms with Gasteiger partial charge < -0.3 is 9.88 Å². The molecule has 1 fully saturated rings. The highest BCUT2D eigenvalue weighted by Gasteiger charge is 2.18. The normalized spacial score (nSPS) is 15.1. The number of anilines is 1. The molecule has 3 aromatic rings. The first-order valence-electron chi connectivity index (χ1n) is 10.5. The molecule has 0 aromatic carbocycles. The molecule has 0 spiro atoms. The predicted molar refractivity (Wildman–Crippen MR) is 120 cm³/mol. The summed E-state index contributed by atoms with van der Waals surface area (Å²) in [4.78, 5) is 31.7. The number of thioether (sulfide) groups is 1.